The summed E-state index contributed by atoms with van der Waals surface area (Å²) in [5, 5.41) is 11.5. The van der Waals surface area contributed by atoms with Crippen molar-refractivity contribution >= 4 is 12.6 Å². The third-order valence-corrected chi connectivity index (χ3v) is 2.30. The molecule has 1 heterocycles. The van der Waals surface area contributed by atoms with Gasteiger partial charge in [-0.3, -0.25) is 0 Å². The average molecular weight is 207 g/mol. The third kappa shape index (κ3) is 3.04. The van der Waals surface area contributed by atoms with E-state index in [0.29, 0.717) is 26.3 Å². The van der Waals surface area contributed by atoms with Crippen LogP contribution in [0.4, 0.5) is 0 Å². The molecule has 0 spiro atoms. The van der Waals surface area contributed by atoms with Gasteiger partial charge in [0.15, 0.2) is 0 Å². The molecule has 1 fully saturated rings. The first-order chi connectivity index (χ1) is 7.36. The largest absolute Gasteiger partial charge is 0.508 e. The SMILES string of the molecule is OB(ON1CCOCC1)c1ccccc1. The number of benzene rings is 1. The maximum atomic E-state index is 9.77. The minimum absolute atomic E-state index is 0.654. The molecular weight excluding hydrogens is 193 g/mol. The van der Waals surface area contributed by atoms with E-state index in [1.165, 1.54) is 0 Å². The second kappa shape index (κ2) is 5.28. The summed E-state index contributed by atoms with van der Waals surface area (Å²) in [6, 6.07) is 9.34. The molecule has 1 saturated heterocycles. The number of morpholine rings is 1. The highest BCUT2D eigenvalue weighted by molar-refractivity contribution is 6.59. The molecule has 1 aliphatic heterocycles. The molecule has 0 bridgehead atoms. The molecule has 0 amide bonds. The first-order valence-corrected chi connectivity index (χ1v) is 5.09. The van der Waals surface area contributed by atoms with E-state index in [0.717, 1.165) is 5.46 Å². The van der Waals surface area contributed by atoms with Gasteiger partial charge in [0, 0.05) is 13.1 Å². The van der Waals surface area contributed by atoms with Crippen LogP contribution in [0.5, 0.6) is 0 Å². The van der Waals surface area contributed by atoms with Crippen molar-refractivity contribution in [3.8, 4) is 0 Å². The van der Waals surface area contributed by atoms with Crippen molar-refractivity contribution < 1.29 is 14.5 Å². The maximum absolute atomic E-state index is 9.77. The number of nitrogens with zero attached hydrogens (tertiary/aromatic N) is 1. The fourth-order valence-electron chi connectivity index (χ4n) is 1.47. The highest BCUT2D eigenvalue weighted by Crippen LogP contribution is 1.99. The van der Waals surface area contributed by atoms with Crippen LogP contribution in [-0.4, -0.2) is 43.5 Å². The van der Waals surface area contributed by atoms with E-state index >= 15 is 0 Å². The molecule has 1 aliphatic rings. The highest BCUT2D eigenvalue weighted by Gasteiger charge is 2.21. The van der Waals surface area contributed by atoms with E-state index in [2.05, 4.69) is 0 Å². The number of hydroxylamine groups is 2. The van der Waals surface area contributed by atoms with Crippen LogP contribution in [0, 0.1) is 0 Å². The van der Waals surface area contributed by atoms with Gasteiger partial charge in [0.1, 0.15) is 0 Å². The van der Waals surface area contributed by atoms with Crippen LogP contribution >= 0.6 is 0 Å². The van der Waals surface area contributed by atoms with E-state index in [4.69, 9.17) is 9.49 Å². The Morgan fingerprint density at radius 2 is 1.87 bits per heavy atom. The summed E-state index contributed by atoms with van der Waals surface area (Å²) in [7, 11) is -0.885. The number of ether oxygens (including phenoxy) is 1. The van der Waals surface area contributed by atoms with E-state index in [9.17, 15) is 5.02 Å². The van der Waals surface area contributed by atoms with Crippen LogP contribution in [-0.2, 0) is 9.49 Å². The van der Waals surface area contributed by atoms with Crippen LogP contribution < -0.4 is 5.46 Å². The molecule has 5 heteroatoms. The number of hydrogen-bond acceptors (Lipinski definition) is 4. The molecule has 0 radical (unpaired) electrons. The second-order valence-corrected chi connectivity index (χ2v) is 3.41. The molecule has 1 aromatic carbocycles. The Kier molecular flexibility index (Phi) is 3.74. The van der Waals surface area contributed by atoms with Crippen molar-refractivity contribution in [3.63, 3.8) is 0 Å². The van der Waals surface area contributed by atoms with Crippen LogP contribution in [0.3, 0.4) is 0 Å². The summed E-state index contributed by atoms with van der Waals surface area (Å²) in [6.45, 7) is 2.71. The summed E-state index contributed by atoms with van der Waals surface area (Å²) in [6.07, 6.45) is 0. The summed E-state index contributed by atoms with van der Waals surface area (Å²) < 4.78 is 10.6. The molecule has 1 N–H and O–H groups in total. The van der Waals surface area contributed by atoms with Crippen molar-refractivity contribution in [1.82, 2.24) is 5.06 Å². The van der Waals surface area contributed by atoms with Crippen LogP contribution in [0.1, 0.15) is 0 Å². The van der Waals surface area contributed by atoms with Gasteiger partial charge in [-0.15, -0.1) is 0 Å². The van der Waals surface area contributed by atoms with Crippen molar-refractivity contribution in [3.05, 3.63) is 30.3 Å². The number of hydrogen-bond donors (Lipinski definition) is 1. The van der Waals surface area contributed by atoms with Gasteiger partial charge < -0.3 is 14.5 Å². The Morgan fingerprint density at radius 3 is 2.53 bits per heavy atom. The molecule has 0 atom stereocenters. The lowest BCUT2D eigenvalue weighted by Gasteiger charge is -2.27. The van der Waals surface area contributed by atoms with Crippen LogP contribution in [0.15, 0.2) is 30.3 Å². The van der Waals surface area contributed by atoms with Gasteiger partial charge in [-0.2, -0.15) is 5.06 Å². The van der Waals surface area contributed by atoms with Gasteiger partial charge in [0.25, 0.3) is 0 Å². The summed E-state index contributed by atoms with van der Waals surface area (Å²) in [5.74, 6) is 0. The predicted molar refractivity (Wildman–Crippen MR) is 57.5 cm³/mol. The predicted octanol–water partition coefficient (Wildman–Crippen LogP) is -0.362. The zero-order valence-corrected chi connectivity index (χ0v) is 8.50. The van der Waals surface area contributed by atoms with Crippen molar-refractivity contribution in [1.29, 1.82) is 0 Å². The molecule has 80 valence electrons. The van der Waals surface area contributed by atoms with E-state index in [1.54, 1.807) is 5.06 Å². The van der Waals surface area contributed by atoms with Gasteiger partial charge in [-0.25, -0.2) is 0 Å². The Labute approximate surface area is 89.5 Å². The van der Waals surface area contributed by atoms with Gasteiger partial charge in [0.2, 0.25) is 0 Å². The summed E-state index contributed by atoms with van der Waals surface area (Å²) in [4.78, 5) is 0. The fraction of sp³-hybridized carbons (Fsp3) is 0.400. The fourth-order valence-corrected chi connectivity index (χ4v) is 1.47. The van der Waals surface area contributed by atoms with Crippen LogP contribution in [0.2, 0.25) is 0 Å². The molecule has 0 aliphatic carbocycles. The highest BCUT2D eigenvalue weighted by atomic mass is 16.7. The van der Waals surface area contributed by atoms with Gasteiger partial charge in [0.05, 0.1) is 13.2 Å². The van der Waals surface area contributed by atoms with Crippen molar-refractivity contribution in [2.45, 2.75) is 0 Å². The van der Waals surface area contributed by atoms with Crippen molar-refractivity contribution in [2.75, 3.05) is 26.3 Å². The Bertz CT molecular complexity index is 290. The Balaban J connectivity index is 1.88. The van der Waals surface area contributed by atoms with Gasteiger partial charge in [-0.1, -0.05) is 30.3 Å². The van der Waals surface area contributed by atoms with Gasteiger partial charge >= 0.3 is 7.12 Å². The molecule has 0 unspecified atom stereocenters. The first kappa shape index (κ1) is 10.6. The molecule has 1 aromatic rings. The molecule has 15 heavy (non-hydrogen) atoms. The normalized spacial score (nSPS) is 17.7. The second-order valence-electron chi connectivity index (χ2n) is 3.41. The van der Waals surface area contributed by atoms with E-state index < -0.39 is 7.12 Å². The first-order valence-electron chi connectivity index (χ1n) is 5.09. The summed E-state index contributed by atoms with van der Waals surface area (Å²) in [5.41, 5.74) is 0.768. The monoisotopic (exact) mass is 207 g/mol. The molecule has 0 aromatic heterocycles. The standard InChI is InChI=1S/C10H14BNO3/c13-11(10-4-2-1-3-5-10)15-12-6-8-14-9-7-12/h1-5,13H,6-9H2. The smallest absolute Gasteiger partial charge is 0.422 e. The van der Waals surface area contributed by atoms with E-state index in [1.807, 2.05) is 30.3 Å². The molecule has 0 saturated carbocycles. The van der Waals surface area contributed by atoms with Gasteiger partial charge in [-0.05, 0) is 5.46 Å². The Morgan fingerprint density at radius 1 is 1.20 bits per heavy atom. The van der Waals surface area contributed by atoms with Crippen LogP contribution in [0.25, 0.3) is 0 Å². The maximum Gasteiger partial charge on any atom is 0.508 e. The summed E-state index contributed by atoms with van der Waals surface area (Å²) >= 11 is 0. The topological polar surface area (TPSA) is 41.9 Å². The quantitative estimate of drug-likeness (QED) is 0.687. The minimum atomic E-state index is -0.885. The zero-order chi connectivity index (χ0) is 10.5. The Hall–Kier alpha value is -0.875. The number of rotatable bonds is 3. The third-order valence-electron chi connectivity index (χ3n) is 2.30. The molecule has 2 rings (SSSR count). The molecule has 4 nitrogen and oxygen atoms in total. The lowest BCUT2D eigenvalue weighted by atomic mass is 9.80. The lowest BCUT2D eigenvalue weighted by Crippen LogP contribution is -2.45. The minimum Gasteiger partial charge on any atom is -0.422 e. The molecular formula is C10H14BNO3. The average Bonchev–Trinajstić information content (AvgIpc) is 2.31. The lowest BCUT2D eigenvalue weighted by molar-refractivity contribution is -0.129. The van der Waals surface area contributed by atoms with E-state index in [-0.39, 0.29) is 0 Å². The zero-order valence-electron chi connectivity index (χ0n) is 8.50. The van der Waals surface area contributed by atoms with Crippen molar-refractivity contribution in [2.24, 2.45) is 0 Å².